The van der Waals surface area contributed by atoms with E-state index in [1.165, 1.54) is 16.8 Å². The summed E-state index contributed by atoms with van der Waals surface area (Å²) in [7, 11) is 1.70. The molecule has 0 spiro atoms. The fourth-order valence-corrected chi connectivity index (χ4v) is 2.93. The van der Waals surface area contributed by atoms with E-state index in [1.807, 2.05) is 0 Å². The number of hydrogen-bond donors (Lipinski definition) is 2. The highest BCUT2D eigenvalue weighted by molar-refractivity contribution is 5.90. The number of nitrogens with zero attached hydrogens (tertiary/aromatic N) is 3. The lowest BCUT2D eigenvalue weighted by molar-refractivity contribution is -0.137. The Morgan fingerprint density at radius 3 is 2.48 bits per heavy atom. The van der Waals surface area contributed by atoms with E-state index in [2.05, 4.69) is 20.7 Å². The van der Waals surface area contributed by atoms with Crippen molar-refractivity contribution in [2.24, 2.45) is 7.05 Å². The van der Waals surface area contributed by atoms with Crippen molar-refractivity contribution in [1.29, 1.82) is 0 Å². The molecule has 0 bridgehead atoms. The standard InChI is InChI=1S/C17H20F3N5O.ClH/c1-25-16(23-15(24-25)12-6-8-21-9-7-12)22-14(26)10-11-2-4-13(5-3-11)17(18,19)20;/h2-5,12,21H,6-10H2,1H3,(H,22,23,24,26);1H. The average molecular weight is 404 g/mol. The zero-order chi connectivity index (χ0) is 18.7. The highest BCUT2D eigenvalue weighted by atomic mass is 35.5. The minimum Gasteiger partial charge on any atom is -0.317 e. The number of amides is 1. The van der Waals surface area contributed by atoms with Gasteiger partial charge in [-0.15, -0.1) is 12.4 Å². The predicted molar refractivity (Wildman–Crippen MR) is 96.9 cm³/mol. The molecule has 1 aromatic heterocycles. The average Bonchev–Trinajstić information content (AvgIpc) is 2.96. The van der Waals surface area contributed by atoms with Crippen LogP contribution in [0.3, 0.4) is 0 Å². The van der Waals surface area contributed by atoms with Crippen molar-refractivity contribution in [3.63, 3.8) is 0 Å². The number of hydrogen-bond acceptors (Lipinski definition) is 4. The van der Waals surface area contributed by atoms with Crippen molar-refractivity contribution in [3.8, 4) is 0 Å². The van der Waals surface area contributed by atoms with Gasteiger partial charge in [-0.2, -0.15) is 23.3 Å². The molecule has 0 saturated carbocycles. The first-order valence-electron chi connectivity index (χ1n) is 8.40. The molecule has 0 aliphatic carbocycles. The van der Waals surface area contributed by atoms with Crippen LogP contribution in [0.4, 0.5) is 19.1 Å². The predicted octanol–water partition coefficient (Wildman–Crippen LogP) is 2.90. The number of halogens is 4. The van der Waals surface area contributed by atoms with Crippen LogP contribution in [-0.2, 0) is 24.4 Å². The molecule has 1 aliphatic rings. The summed E-state index contributed by atoms with van der Waals surface area (Å²) in [5.74, 6) is 0.967. The van der Waals surface area contributed by atoms with E-state index < -0.39 is 11.7 Å². The molecule has 6 nitrogen and oxygen atoms in total. The Kier molecular flexibility index (Phi) is 6.83. The summed E-state index contributed by atoms with van der Waals surface area (Å²) >= 11 is 0. The molecule has 0 atom stereocenters. The number of piperidine rings is 1. The molecule has 1 aromatic carbocycles. The van der Waals surface area contributed by atoms with Crippen LogP contribution in [0.1, 0.15) is 35.7 Å². The first-order valence-corrected chi connectivity index (χ1v) is 8.40. The molecule has 10 heteroatoms. The number of carbonyl (C=O) groups excluding carboxylic acids is 1. The minimum atomic E-state index is -4.38. The van der Waals surface area contributed by atoms with Gasteiger partial charge < -0.3 is 5.32 Å². The molecule has 1 aliphatic heterocycles. The van der Waals surface area contributed by atoms with Gasteiger partial charge in [0.2, 0.25) is 11.9 Å². The van der Waals surface area contributed by atoms with E-state index in [4.69, 9.17) is 0 Å². The van der Waals surface area contributed by atoms with Crippen molar-refractivity contribution in [2.45, 2.75) is 31.4 Å². The lowest BCUT2D eigenvalue weighted by Gasteiger charge is -2.19. The van der Waals surface area contributed by atoms with Gasteiger partial charge in [-0.05, 0) is 43.6 Å². The van der Waals surface area contributed by atoms with Crippen molar-refractivity contribution >= 4 is 24.3 Å². The monoisotopic (exact) mass is 403 g/mol. The molecule has 1 amide bonds. The van der Waals surface area contributed by atoms with Crippen LogP contribution in [0, 0.1) is 0 Å². The molecule has 0 radical (unpaired) electrons. The molecule has 1 saturated heterocycles. The highest BCUT2D eigenvalue weighted by Crippen LogP contribution is 2.29. The third kappa shape index (κ3) is 5.43. The van der Waals surface area contributed by atoms with Crippen molar-refractivity contribution in [1.82, 2.24) is 20.1 Å². The van der Waals surface area contributed by atoms with Crippen LogP contribution in [0.2, 0.25) is 0 Å². The Labute approximate surface area is 161 Å². The summed E-state index contributed by atoms with van der Waals surface area (Å²) < 4.78 is 39.2. The van der Waals surface area contributed by atoms with Crippen LogP contribution < -0.4 is 10.6 Å². The zero-order valence-electron chi connectivity index (χ0n) is 14.7. The van der Waals surface area contributed by atoms with Gasteiger partial charge in [-0.25, -0.2) is 4.68 Å². The number of aryl methyl sites for hydroxylation is 1. The molecule has 2 heterocycles. The maximum Gasteiger partial charge on any atom is 0.416 e. The fraction of sp³-hybridized carbons (Fsp3) is 0.471. The topological polar surface area (TPSA) is 71.8 Å². The maximum atomic E-state index is 12.6. The highest BCUT2D eigenvalue weighted by Gasteiger charge is 2.30. The number of benzene rings is 1. The van der Waals surface area contributed by atoms with Crippen LogP contribution in [0.15, 0.2) is 24.3 Å². The molecule has 2 aromatic rings. The van der Waals surface area contributed by atoms with E-state index in [1.54, 1.807) is 7.05 Å². The van der Waals surface area contributed by atoms with Crippen molar-refractivity contribution < 1.29 is 18.0 Å². The fourth-order valence-electron chi connectivity index (χ4n) is 2.93. The summed E-state index contributed by atoms with van der Waals surface area (Å²) in [6, 6.07) is 4.55. The number of anilines is 1. The summed E-state index contributed by atoms with van der Waals surface area (Å²) in [4.78, 5) is 16.6. The van der Waals surface area contributed by atoms with Gasteiger partial charge in [0.05, 0.1) is 12.0 Å². The summed E-state index contributed by atoms with van der Waals surface area (Å²) in [5, 5.41) is 10.3. The van der Waals surface area contributed by atoms with Crippen molar-refractivity contribution in [2.75, 3.05) is 18.4 Å². The lowest BCUT2D eigenvalue weighted by Crippen LogP contribution is -2.27. The molecule has 2 N–H and O–H groups in total. The van der Waals surface area contributed by atoms with Crippen LogP contribution >= 0.6 is 12.4 Å². The molecular formula is C17H21ClF3N5O. The van der Waals surface area contributed by atoms with Gasteiger partial charge in [-0.3, -0.25) is 10.1 Å². The first kappa shape index (κ1) is 21.2. The molecule has 1 fully saturated rings. The van der Waals surface area contributed by atoms with E-state index in [9.17, 15) is 18.0 Å². The zero-order valence-corrected chi connectivity index (χ0v) is 15.5. The number of nitrogens with one attached hydrogen (secondary N) is 2. The second kappa shape index (κ2) is 8.71. The Hall–Kier alpha value is -2.13. The quantitative estimate of drug-likeness (QED) is 0.823. The summed E-state index contributed by atoms with van der Waals surface area (Å²) in [5.41, 5.74) is -0.238. The van der Waals surface area contributed by atoms with Gasteiger partial charge >= 0.3 is 6.18 Å². The summed E-state index contributed by atoms with van der Waals surface area (Å²) in [6.07, 6.45) is -2.52. The van der Waals surface area contributed by atoms with Gasteiger partial charge in [0, 0.05) is 13.0 Å². The number of aromatic nitrogens is 3. The maximum absolute atomic E-state index is 12.6. The Balaban J connectivity index is 0.00000261. The smallest absolute Gasteiger partial charge is 0.317 e. The van der Waals surface area contributed by atoms with E-state index in [0.717, 1.165) is 38.1 Å². The van der Waals surface area contributed by atoms with E-state index in [-0.39, 0.29) is 30.7 Å². The summed E-state index contributed by atoms with van der Waals surface area (Å²) in [6.45, 7) is 1.83. The largest absolute Gasteiger partial charge is 0.416 e. The Morgan fingerprint density at radius 2 is 1.89 bits per heavy atom. The second-order valence-electron chi connectivity index (χ2n) is 6.36. The third-order valence-corrected chi connectivity index (χ3v) is 4.38. The van der Waals surface area contributed by atoms with Gasteiger partial charge in [0.15, 0.2) is 5.82 Å². The molecule has 27 heavy (non-hydrogen) atoms. The van der Waals surface area contributed by atoms with Gasteiger partial charge in [0.25, 0.3) is 0 Å². The SMILES string of the molecule is Cl.Cn1nc(C2CCNCC2)nc1NC(=O)Cc1ccc(C(F)(F)F)cc1. The minimum absolute atomic E-state index is 0. The molecular weight excluding hydrogens is 383 g/mol. The molecule has 3 rings (SSSR count). The number of carbonyl (C=O) groups is 1. The molecule has 148 valence electrons. The Morgan fingerprint density at radius 1 is 1.26 bits per heavy atom. The first-order chi connectivity index (χ1) is 12.3. The van der Waals surface area contributed by atoms with Crippen LogP contribution in [0.5, 0.6) is 0 Å². The Bertz CT molecular complexity index is 770. The van der Waals surface area contributed by atoms with Gasteiger partial charge in [-0.1, -0.05) is 12.1 Å². The number of rotatable bonds is 4. The second-order valence-corrected chi connectivity index (χ2v) is 6.36. The molecule has 0 unspecified atom stereocenters. The van der Waals surface area contributed by atoms with Crippen LogP contribution in [0.25, 0.3) is 0 Å². The number of alkyl halides is 3. The van der Waals surface area contributed by atoms with Crippen LogP contribution in [-0.4, -0.2) is 33.8 Å². The van der Waals surface area contributed by atoms with E-state index >= 15 is 0 Å². The van der Waals surface area contributed by atoms with Gasteiger partial charge in [0.1, 0.15) is 0 Å². The lowest BCUT2D eigenvalue weighted by atomic mass is 9.98. The normalized spacial score (nSPS) is 15.3. The van der Waals surface area contributed by atoms with E-state index in [0.29, 0.717) is 17.3 Å². The third-order valence-electron chi connectivity index (χ3n) is 4.38. The van der Waals surface area contributed by atoms with Crippen molar-refractivity contribution in [3.05, 3.63) is 41.2 Å².